The Labute approximate surface area is 117 Å². The van der Waals surface area contributed by atoms with Gasteiger partial charge in [0, 0.05) is 11.6 Å². The number of nitrogen functional groups attached to an aromatic ring is 1. The van der Waals surface area contributed by atoms with Crippen LogP contribution in [0.1, 0.15) is 44.3 Å². The minimum absolute atomic E-state index is 0.301. The fourth-order valence-electron chi connectivity index (χ4n) is 2.89. The highest BCUT2D eigenvalue weighted by molar-refractivity contribution is 5.70. The van der Waals surface area contributed by atoms with Crippen LogP contribution in [0.2, 0.25) is 0 Å². The number of benzene rings is 1. The second-order valence-corrected chi connectivity index (χ2v) is 5.66. The van der Waals surface area contributed by atoms with Crippen LogP contribution in [0.25, 0.3) is 11.5 Å². The topological polar surface area (TPSA) is 64.9 Å². The molecule has 0 aliphatic heterocycles. The Morgan fingerprint density at radius 1 is 1.35 bits per heavy atom. The van der Waals surface area contributed by atoms with E-state index in [0.717, 1.165) is 18.7 Å². The number of nitrogens with two attached hydrogens (primary N) is 1. The molecule has 1 aromatic heterocycles. The van der Waals surface area contributed by atoms with Crippen LogP contribution in [0.4, 0.5) is 10.1 Å². The van der Waals surface area contributed by atoms with Crippen LogP contribution in [0, 0.1) is 11.7 Å². The summed E-state index contributed by atoms with van der Waals surface area (Å²) in [5, 5.41) is 4.06. The summed E-state index contributed by atoms with van der Waals surface area (Å²) >= 11 is 0. The Kier molecular flexibility index (Phi) is 3.42. The average Bonchev–Trinajstić information content (AvgIpc) is 2.91. The number of nitrogens with zero attached hydrogens (tertiary/aromatic N) is 2. The molecule has 4 nitrogen and oxygen atoms in total. The van der Waals surface area contributed by atoms with E-state index in [1.165, 1.54) is 31.0 Å². The van der Waals surface area contributed by atoms with E-state index in [9.17, 15) is 4.39 Å². The van der Waals surface area contributed by atoms with E-state index in [2.05, 4.69) is 17.1 Å². The maximum Gasteiger partial charge on any atom is 0.260 e. The molecule has 2 atom stereocenters. The number of hydrogen-bond donors (Lipinski definition) is 1. The number of aromatic nitrogens is 2. The fourth-order valence-corrected chi connectivity index (χ4v) is 2.89. The third-order valence-electron chi connectivity index (χ3n) is 3.99. The van der Waals surface area contributed by atoms with Crippen molar-refractivity contribution in [1.82, 2.24) is 10.1 Å². The molecule has 3 rings (SSSR count). The lowest BCUT2D eigenvalue weighted by Gasteiger charge is -2.23. The van der Waals surface area contributed by atoms with E-state index < -0.39 is 0 Å². The molecule has 1 aliphatic carbocycles. The van der Waals surface area contributed by atoms with Crippen LogP contribution in [-0.4, -0.2) is 10.1 Å². The number of halogens is 1. The zero-order chi connectivity index (χ0) is 14.1. The van der Waals surface area contributed by atoms with Gasteiger partial charge < -0.3 is 10.3 Å². The van der Waals surface area contributed by atoms with Gasteiger partial charge >= 0.3 is 0 Å². The van der Waals surface area contributed by atoms with Crippen molar-refractivity contribution in [2.45, 2.75) is 38.5 Å². The second kappa shape index (κ2) is 5.23. The Bertz CT molecular complexity index is 611. The Morgan fingerprint density at radius 2 is 2.20 bits per heavy atom. The van der Waals surface area contributed by atoms with Gasteiger partial charge in [-0.05, 0) is 37.0 Å². The maximum atomic E-state index is 13.3. The van der Waals surface area contributed by atoms with Gasteiger partial charge in [0.05, 0.1) is 5.56 Å². The first-order valence-corrected chi connectivity index (χ1v) is 7.02. The first-order valence-electron chi connectivity index (χ1n) is 7.02. The molecule has 2 N–H and O–H groups in total. The lowest BCUT2D eigenvalue weighted by Crippen LogP contribution is -2.12. The van der Waals surface area contributed by atoms with Gasteiger partial charge in [0.2, 0.25) is 0 Å². The zero-order valence-electron chi connectivity index (χ0n) is 11.5. The van der Waals surface area contributed by atoms with E-state index >= 15 is 0 Å². The fraction of sp³-hybridized carbons (Fsp3) is 0.467. The SMILES string of the molecule is CC1CCCC(c2noc(-c3cc(F)ccc3N)n2)C1. The van der Waals surface area contributed by atoms with E-state index in [4.69, 9.17) is 10.3 Å². The lowest BCUT2D eigenvalue weighted by atomic mass is 9.82. The number of hydrogen-bond acceptors (Lipinski definition) is 4. The molecule has 1 aromatic carbocycles. The van der Waals surface area contributed by atoms with Crippen molar-refractivity contribution in [3.8, 4) is 11.5 Å². The van der Waals surface area contributed by atoms with Crippen molar-refractivity contribution in [1.29, 1.82) is 0 Å². The van der Waals surface area contributed by atoms with Crippen molar-refractivity contribution in [2.24, 2.45) is 5.92 Å². The summed E-state index contributed by atoms with van der Waals surface area (Å²) in [6.07, 6.45) is 4.62. The maximum absolute atomic E-state index is 13.3. The summed E-state index contributed by atoms with van der Waals surface area (Å²) in [6.45, 7) is 2.25. The molecule has 1 saturated carbocycles. The third-order valence-corrected chi connectivity index (χ3v) is 3.99. The molecule has 0 radical (unpaired) electrons. The van der Waals surface area contributed by atoms with Gasteiger partial charge in [-0.2, -0.15) is 4.98 Å². The van der Waals surface area contributed by atoms with Crippen molar-refractivity contribution in [3.63, 3.8) is 0 Å². The molecule has 0 bridgehead atoms. The summed E-state index contributed by atoms with van der Waals surface area (Å²) < 4.78 is 18.6. The van der Waals surface area contributed by atoms with Gasteiger partial charge in [-0.3, -0.25) is 0 Å². The van der Waals surface area contributed by atoms with Crippen LogP contribution in [0.15, 0.2) is 22.7 Å². The first-order chi connectivity index (χ1) is 9.63. The summed E-state index contributed by atoms with van der Waals surface area (Å²) in [7, 11) is 0. The number of anilines is 1. The molecule has 1 heterocycles. The van der Waals surface area contributed by atoms with Crippen molar-refractivity contribution in [2.75, 3.05) is 5.73 Å². The highest BCUT2D eigenvalue weighted by Crippen LogP contribution is 2.35. The van der Waals surface area contributed by atoms with E-state index in [-0.39, 0.29) is 5.82 Å². The predicted molar refractivity (Wildman–Crippen MR) is 74.5 cm³/mol. The van der Waals surface area contributed by atoms with Gasteiger partial charge in [-0.1, -0.05) is 24.9 Å². The zero-order valence-corrected chi connectivity index (χ0v) is 11.5. The molecule has 1 fully saturated rings. The van der Waals surface area contributed by atoms with Crippen molar-refractivity contribution >= 4 is 5.69 Å². The average molecular weight is 275 g/mol. The van der Waals surface area contributed by atoms with Gasteiger partial charge in [0.25, 0.3) is 5.89 Å². The van der Waals surface area contributed by atoms with Crippen molar-refractivity contribution in [3.05, 3.63) is 29.8 Å². The molecule has 0 saturated heterocycles. The standard InChI is InChI=1S/C15H18FN3O/c1-9-3-2-4-10(7-9)14-18-15(20-19-14)12-8-11(16)5-6-13(12)17/h5-6,8-10H,2-4,7,17H2,1H3. The molecule has 0 amide bonds. The Morgan fingerprint density at radius 3 is 3.00 bits per heavy atom. The van der Waals surface area contributed by atoms with Crippen LogP contribution in [-0.2, 0) is 0 Å². The monoisotopic (exact) mass is 275 g/mol. The smallest absolute Gasteiger partial charge is 0.260 e. The van der Waals surface area contributed by atoms with Crippen LogP contribution in [0.3, 0.4) is 0 Å². The predicted octanol–water partition coefficient (Wildman–Crippen LogP) is 3.75. The van der Waals surface area contributed by atoms with E-state index in [1.54, 1.807) is 0 Å². The van der Waals surface area contributed by atoms with E-state index in [1.807, 2.05) is 0 Å². The molecule has 106 valence electrons. The quantitative estimate of drug-likeness (QED) is 0.848. The van der Waals surface area contributed by atoms with Gasteiger partial charge in [0.1, 0.15) is 5.82 Å². The highest BCUT2D eigenvalue weighted by Gasteiger charge is 2.25. The van der Waals surface area contributed by atoms with Gasteiger partial charge in [-0.25, -0.2) is 4.39 Å². The minimum atomic E-state index is -0.361. The van der Waals surface area contributed by atoms with Gasteiger partial charge in [0.15, 0.2) is 5.82 Å². The first kappa shape index (κ1) is 13.1. The van der Waals surface area contributed by atoms with Gasteiger partial charge in [-0.15, -0.1) is 0 Å². The summed E-state index contributed by atoms with van der Waals surface area (Å²) in [5.41, 5.74) is 6.75. The molecular weight excluding hydrogens is 257 g/mol. The summed E-state index contributed by atoms with van der Waals surface area (Å²) in [6, 6.07) is 4.16. The second-order valence-electron chi connectivity index (χ2n) is 5.66. The Balaban J connectivity index is 1.88. The van der Waals surface area contributed by atoms with E-state index in [0.29, 0.717) is 29.0 Å². The molecule has 2 aromatic rings. The Hall–Kier alpha value is -1.91. The molecule has 2 unspecified atom stereocenters. The van der Waals surface area contributed by atoms with Crippen LogP contribution < -0.4 is 5.73 Å². The normalized spacial score (nSPS) is 22.9. The lowest BCUT2D eigenvalue weighted by molar-refractivity contribution is 0.324. The molecule has 1 aliphatic rings. The summed E-state index contributed by atoms with van der Waals surface area (Å²) in [4.78, 5) is 4.42. The van der Waals surface area contributed by atoms with Crippen molar-refractivity contribution < 1.29 is 8.91 Å². The largest absolute Gasteiger partial charge is 0.398 e. The number of rotatable bonds is 2. The summed E-state index contributed by atoms with van der Waals surface area (Å²) in [5.74, 6) is 1.69. The minimum Gasteiger partial charge on any atom is -0.398 e. The third kappa shape index (κ3) is 2.53. The molecule has 0 spiro atoms. The molecule has 5 heteroatoms. The molecule has 20 heavy (non-hydrogen) atoms. The molecular formula is C15H18FN3O. The van der Waals surface area contributed by atoms with Crippen LogP contribution in [0.5, 0.6) is 0 Å². The highest BCUT2D eigenvalue weighted by atomic mass is 19.1. The van der Waals surface area contributed by atoms with Crippen LogP contribution >= 0.6 is 0 Å².